The number of carbonyl (C=O) groups is 2. The van der Waals surface area contributed by atoms with Gasteiger partial charge in [-0.2, -0.15) is 0 Å². The summed E-state index contributed by atoms with van der Waals surface area (Å²) in [5.41, 5.74) is 5.23. The Labute approximate surface area is 305 Å². The first kappa shape index (κ1) is 36.0. The van der Waals surface area contributed by atoms with Crippen molar-refractivity contribution in [1.29, 1.82) is 0 Å². The van der Waals surface area contributed by atoms with Gasteiger partial charge in [0, 0.05) is 61.9 Å². The number of hydrogen-bond acceptors (Lipinski definition) is 9. The fourth-order valence-corrected chi connectivity index (χ4v) is 6.97. The zero-order valence-corrected chi connectivity index (χ0v) is 31.8. The highest BCUT2D eigenvalue weighted by molar-refractivity contribution is 9.10. The highest BCUT2D eigenvalue weighted by atomic mass is 79.9. The van der Waals surface area contributed by atoms with Crippen LogP contribution in [0.2, 0.25) is 0 Å². The summed E-state index contributed by atoms with van der Waals surface area (Å²) in [6.45, 7) is 9.26. The Balaban J connectivity index is 0.000000187. The Morgan fingerprint density at radius 2 is 1.27 bits per heavy atom. The summed E-state index contributed by atoms with van der Waals surface area (Å²) in [4.78, 5) is 36.8. The van der Waals surface area contributed by atoms with Gasteiger partial charge in [0.05, 0.1) is 30.9 Å². The smallest absolute Gasteiger partial charge is 0.257 e. The van der Waals surface area contributed by atoms with Crippen LogP contribution in [0.1, 0.15) is 38.3 Å². The molecule has 0 radical (unpaired) electrons. The number of rotatable bonds is 9. The number of imidazole rings is 2. The number of carbonyl (C=O) groups excluding carboxylic acids is 2. The zero-order valence-electron chi connectivity index (χ0n) is 30.2. The van der Waals surface area contributed by atoms with Gasteiger partial charge in [0.1, 0.15) is 46.4 Å². The van der Waals surface area contributed by atoms with Crippen LogP contribution >= 0.6 is 15.9 Å². The normalized spacial score (nSPS) is 18.2. The Bertz CT molecular complexity index is 2110. The second-order valence-corrected chi connectivity index (χ2v) is 14.1. The molecule has 0 unspecified atom stereocenters. The molecule has 0 bridgehead atoms. The van der Waals surface area contributed by atoms with Gasteiger partial charge in [0.25, 0.3) is 5.88 Å². The number of aryl methyl sites for hydroxylation is 4. The van der Waals surface area contributed by atoms with Gasteiger partial charge in [0.2, 0.25) is 11.8 Å². The third-order valence-electron chi connectivity index (χ3n) is 9.79. The van der Waals surface area contributed by atoms with Gasteiger partial charge in [0.15, 0.2) is 5.75 Å². The molecule has 5 heterocycles. The summed E-state index contributed by atoms with van der Waals surface area (Å²) in [5.74, 6) is 4.84. The van der Waals surface area contributed by atoms with Gasteiger partial charge < -0.3 is 38.7 Å². The van der Waals surface area contributed by atoms with E-state index in [1.54, 1.807) is 14.2 Å². The van der Waals surface area contributed by atoms with Crippen molar-refractivity contribution in [3.05, 3.63) is 52.5 Å². The van der Waals surface area contributed by atoms with Crippen molar-refractivity contribution in [3.8, 4) is 34.4 Å². The molecule has 0 spiro atoms. The predicted molar refractivity (Wildman–Crippen MR) is 197 cm³/mol. The maximum Gasteiger partial charge on any atom is 0.257 e. The molecule has 2 amide bonds. The minimum Gasteiger partial charge on any atom is -0.491 e. The average molecular weight is 763 g/mol. The van der Waals surface area contributed by atoms with Crippen LogP contribution in [0.4, 0.5) is 0 Å². The third-order valence-corrected chi connectivity index (χ3v) is 10.2. The largest absolute Gasteiger partial charge is 0.491 e. The van der Waals surface area contributed by atoms with Crippen molar-refractivity contribution in [3.63, 3.8) is 0 Å². The molecule has 4 atom stereocenters. The Morgan fingerprint density at radius 3 is 1.76 bits per heavy atom. The van der Waals surface area contributed by atoms with E-state index >= 15 is 0 Å². The van der Waals surface area contributed by atoms with Crippen LogP contribution in [0.3, 0.4) is 0 Å². The van der Waals surface area contributed by atoms with E-state index in [-0.39, 0.29) is 35.9 Å². The lowest BCUT2D eigenvalue weighted by Gasteiger charge is -2.21. The molecule has 14 heteroatoms. The van der Waals surface area contributed by atoms with Crippen molar-refractivity contribution in [2.75, 3.05) is 27.3 Å². The lowest BCUT2D eigenvalue weighted by molar-refractivity contribution is -0.120. The van der Waals surface area contributed by atoms with E-state index in [1.165, 1.54) is 0 Å². The number of ether oxygens (including phenoxy) is 4. The highest BCUT2D eigenvalue weighted by Gasteiger charge is 2.30. The topological polar surface area (TPSA) is 144 Å². The van der Waals surface area contributed by atoms with Gasteiger partial charge in [-0.3, -0.25) is 9.59 Å². The molecular weight excluding hydrogens is 718 g/mol. The van der Waals surface area contributed by atoms with Crippen LogP contribution in [-0.4, -0.2) is 75.4 Å². The minimum atomic E-state index is -0.129. The van der Waals surface area contributed by atoms with Crippen molar-refractivity contribution in [2.24, 2.45) is 25.9 Å². The lowest BCUT2D eigenvalue weighted by atomic mass is 10.0. The number of aromatic nitrogens is 5. The van der Waals surface area contributed by atoms with E-state index < -0.39 is 0 Å². The van der Waals surface area contributed by atoms with Crippen LogP contribution in [0.5, 0.6) is 23.1 Å². The summed E-state index contributed by atoms with van der Waals surface area (Å²) < 4.78 is 28.2. The van der Waals surface area contributed by atoms with E-state index in [0.29, 0.717) is 43.3 Å². The number of methoxy groups -OCH3 is 2. The maximum absolute atomic E-state index is 11.6. The summed E-state index contributed by atoms with van der Waals surface area (Å²) in [6.07, 6.45) is 0.849. The molecule has 270 valence electrons. The first-order valence-electron chi connectivity index (χ1n) is 16.9. The van der Waals surface area contributed by atoms with Crippen LogP contribution in [0.25, 0.3) is 33.3 Å². The molecule has 5 aromatic rings. The molecule has 3 aromatic heterocycles. The Kier molecular flexibility index (Phi) is 10.4. The fourth-order valence-electron chi connectivity index (χ4n) is 6.55. The molecule has 2 N–H and O–H groups in total. The summed E-state index contributed by atoms with van der Waals surface area (Å²) >= 11 is 3.50. The van der Waals surface area contributed by atoms with E-state index in [9.17, 15) is 9.59 Å². The number of pyridine rings is 1. The Morgan fingerprint density at radius 1 is 0.745 bits per heavy atom. The molecule has 0 saturated carbocycles. The number of halogens is 1. The van der Waals surface area contributed by atoms with Crippen molar-refractivity contribution in [2.45, 2.75) is 52.7 Å². The first-order chi connectivity index (χ1) is 24.4. The molecule has 7 rings (SSSR count). The molecule has 2 aromatic carbocycles. The van der Waals surface area contributed by atoms with E-state index in [1.807, 2.05) is 87.3 Å². The quantitative estimate of drug-likeness (QED) is 0.202. The molecule has 2 aliphatic heterocycles. The van der Waals surface area contributed by atoms with Gasteiger partial charge in [-0.1, -0.05) is 15.9 Å². The second kappa shape index (κ2) is 14.8. The molecule has 2 aliphatic rings. The first-order valence-corrected chi connectivity index (χ1v) is 17.7. The Hall–Kier alpha value is -4.85. The number of amides is 2. The van der Waals surface area contributed by atoms with Crippen LogP contribution in [0, 0.1) is 25.7 Å². The third kappa shape index (κ3) is 7.46. The molecule has 51 heavy (non-hydrogen) atoms. The number of nitrogens with one attached hydrogen (secondary N) is 2. The van der Waals surface area contributed by atoms with E-state index in [2.05, 4.69) is 41.5 Å². The van der Waals surface area contributed by atoms with Gasteiger partial charge in [-0.15, -0.1) is 0 Å². The zero-order chi connectivity index (χ0) is 36.6. The molecule has 2 fully saturated rings. The van der Waals surface area contributed by atoms with Crippen LogP contribution in [0.15, 0.2) is 40.9 Å². The summed E-state index contributed by atoms with van der Waals surface area (Å²) in [5, 5.41) is 5.73. The number of nitrogens with zero attached hydrogens (tertiary/aromatic N) is 5. The van der Waals surface area contributed by atoms with Gasteiger partial charge in [-0.05, 0) is 64.1 Å². The average Bonchev–Trinajstić information content (AvgIpc) is 3.87. The van der Waals surface area contributed by atoms with Crippen molar-refractivity contribution >= 4 is 49.8 Å². The number of fused-ring (bicyclic) bond motifs is 2. The predicted octanol–water partition coefficient (Wildman–Crippen LogP) is 5.41. The van der Waals surface area contributed by atoms with Crippen molar-refractivity contribution in [1.82, 2.24) is 34.7 Å². The van der Waals surface area contributed by atoms with Gasteiger partial charge >= 0.3 is 0 Å². The second-order valence-electron chi connectivity index (χ2n) is 13.1. The standard InChI is InChI=1S/C22H26N4O4.C15H18BrN3O2/c1-12(15-10-20(27)23-11-15)30-19-9-14(8-17-21(19)26(3)13(2)24-17)16-6-7-18(28-4)22(25-16)29-5;1-8(10-4-14(20)17-7-10)21-13-6-11(16)5-12-15(13)19(3)9(2)18-12/h6-9,12,15H,10-11H2,1-5H3,(H,23,27);5-6,8,10H,4,7H2,1-3H3,(H,17,20)/t12-,15-;8-,10-/m11/s1. The lowest BCUT2D eigenvalue weighted by Crippen LogP contribution is -2.25. The van der Waals surface area contributed by atoms with E-state index in [4.69, 9.17) is 18.9 Å². The summed E-state index contributed by atoms with van der Waals surface area (Å²) in [7, 11) is 7.10. The molecule has 0 aliphatic carbocycles. The molecule has 2 saturated heterocycles. The number of hydrogen-bond donors (Lipinski definition) is 2. The highest BCUT2D eigenvalue weighted by Crippen LogP contribution is 2.36. The van der Waals surface area contributed by atoms with Crippen LogP contribution < -0.4 is 29.6 Å². The molecular formula is C37H44BrN7O6. The monoisotopic (exact) mass is 761 g/mol. The maximum atomic E-state index is 11.6. The molecule has 13 nitrogen and oxygen atoms in total. The fraction of sp³-hybridized carbons (Fsp3) is 0.432. The number of benzene rings is 2. The summed E-state index contributed by atoms with van der Waals surface area (Å²) in [6, 6.07) is 11.6. The van der Waals surface area contributed by atoms with Gasteiger partial charge in [-0.25, -0.2) is 15.0 Å². The SMILES string of the molecule is COc1ccc(-c2cc(O[C@H](C)[C@H]3CNC(=O)C3)c3c(c2)nc(C)n3C)nc1OC.Cc1nc2cc(Br)cc(O[C@H](C)[C@H]3CNC(=O)C3)c2n1C. The van der Waals surface area contributed by atoms with Crippen molar-refractivity contribution < 1.29 is 28.5 Å². The van der Waals surface area contributed by atoms with E-state index in [0.717, 1.165) is 55.2 Å². The van der Waals surface area contributed by atoms with Crippen LogP contribution in [-0.2, 0) is 23.7 Å². The minimum absolute atomic E-state index is 0.0309.